The molecule has 1 atom stereocenters. The van der Waals surface area contributed by atoms with Crippen molar-refractivity contribution in [1.29, 1.82) is 0 Å². The molecule has 1 aliphatic rings. The monoisotopic (exact) mass is 159 g/mol. The van der Waals surface area contributed by atoms with Crippen LogP contribution in [0.4, 0.5) is 0 Å². The molecule has 0 amide bonds. The summed E-state index contributed by atoms with van der Waals surface area (Å²) in [7, 11) is 1.72. The lowest BCUT2D eigenvalue weighted by molar-refractivity contribution is -0.0595. The van der Waals surface area contributed by atoms with Crippen LogP contribution >= 0.6 is 0 Å². The second-order valence-corrected chi connectivity index (χ2v) is 2.84. The lowest BCUT2D eigenvalue weighted by Crippen LogP contribution is -2.44. The predicted molar refractivity (Wildman–Crippen MR) is 43.7 cm³/mol. The van der Waals surface area contributed by atoms with E-state index in [2.05, 4.69) is 11.8 Å². The lowest BCUT2D eigenvalue weighted by atomic mass is 10.3. The van der Waals surface area contributed by atoms with Gasteiger partial charge in [0, 0.05) is 20.2 Å². The Hall–Kier alpha value is -0.120. The van der Waals surface area contributed by atoms with Crippen LogP contribution in [0.1, 0.15) is 6.92 Å². The van der Waals surface area contributed by atoms with Crippen LogP contribution in [0.3, 0.4) is 0 Å². The summed E-state index contributed by atoms with van der Waals surface area (Å²) in [6.45, 7) is 6.94. The number of morpholine rings is 1. The summed E-state index contributed by atoms with van der Waals surface area (Å²) in [4.78, 5) is 2.38. The summed E-state index contributed by atoms with van der Waals surface area (Å²) in [5.41, 5.74) is 0. The van der Waals surface area contributed by atoms with Crippen LogP contribution in [0.15, 0.2) is 0 Å². The number of hydrogen-bond acceptors (Lipinski definition) is 3. The highest BCUT2D eigenvalue weighted by Gasteiger charge is 2.18. The Balaban J connectivity index is 2.21. The van der Waals surface area contributed by atoms with Crippen molar-refractivity contribution in [2.45, 2.75) is 13.0 Å². The second kappa shape index (κ2) is 4.70. The number of ether oxygens (including phenoxy) is 2. The zero-order chi connectivity index (χ0) is 8.10. The maximum atomic E-state index is 5.48. The summed E-state index contributed by atoms with van der Waals surface area (Å²) in [5.74, 6) is 0. The van der Waals surface area contributed by atoms with Crippen molar-refractivity contribution in [2.24, 2.45) is 0 Å². The van der Waals surface area contributed by atoms with Crippen molar-refractivity contribution >= 4 is 0 Å². The van der Waals surface area contributed by atoms with Gasteiger partial charge in [-0.1, -0.05) is 6.92 Å². The van der Waals surface area contributed by atoms with Gasteiger partial charge in [-0.15, -0.1) is 0 Å². The Bertz CT molecular complexity index is 106. The van der Waals surface area contributed by atoms with E-state index in [1.54, 1.807) is 7.11 Å². The summed E-state index contributed by atoms with van der Waals surface area (Å²) < 4.78 is 10.5. The Morgan fingerprint density at radius 3 is 3.09 bits per heavy atom. The normalized spacial score (nSPS) is 27.3. The average molecular weight is 159 g/mol. The zero-order valence-corrected chi connectivity index (χ0v) is 7.38. The maximum Gasteiger partial charge on any atom is 0.0935 e. The number of methoxy groups -OCH3 is 1. The molecule has 11 heavy (non-hydrogen) atoms. The van der Waals surface area contributed by atoms with Crippen molar-refractivity contribution in [2.75, 3.05) is 40.0 Å². The van der Waals surface area contributed by atoms with E-state index in [1.807, 2.05) is 0 Å². The van der Waals surface area contributed by atoms with Gasteiger partial charge < -0.3 is 9.47 Å². The van der Waals surface area contributed by atoms with Gasteiger partial charge in [0.1, 0.15) is 0 Å². The molecule has 0 aromatic rings. The van der Waals surface area contributed by atoms with Crippen LogP contribution in [0.2, 0.25) is 0 Å². The van der Waals surface area contributed by atoms with Gasteiger partial charge in [-0.2, -0.15) is 0 Å². The molecule has 0 aromatic heterocycles. The van der Waals surface area contributed by atoms with Crippen molar-refractivity contribution in [3.63, 3.8) is 0 Å². The first-order valence-corrected chi connectivity index (χ1v) is 4.19. The van der Waals surface area contributed by atoms with E-state index in [1.165, 1.54) is 0 Å². The number of nitrogens with zero attached hydrogens (tertiary/aromatic N) is 1. The van der Waals surface area contributed by atoms with Gasteiger partial charge in [-0.05, 0) is 6.54 Å². The highest BCUT2D eigenvalue weighted by molar-refractivity contribution is 4.69. The molecule has 3 heteroatoms. The second-order valence-electron chi connectivity index (χ2n) is 2.84. The Labute approximate surface area is 68.3 Å². The molecule has 0 N–H and O–H groups in total. The summed E-state index contributed by atoms with van der Waals surface area (Å²) in [5, 5.41) is 0. The molecule has 1 saturated heterocycles. The fourth-order valence-corrected chi connectivity index (χ4v) is 1.35. The molecule has 0 radical (unpaired) electrons. The lowest BCUT2D eigenvalue weighted by Gasteiger charge is -2.31. The zero-order valence-electron chi connectivity index (χ0n) is 7.38. The largest absolute Gasteiger partial charge is 0.382 e. The molecular weight excluding hydrogens is 142 g/mol. The molecule has 66 valence electrons. The van der Waals surface area contributed by atoms with Crippen LogP contribution in [-0.2, 0) is 9.47 Å². The molecule has 0 bridgehead atoms. The molecule has 0 spiro atoms. The van der Waals surface area contributed by atoms with Gasteiger partial charge in [-0.25, -0.2) is 0 Å². The van der Waals surface area contributed by atoms with Crippen LogP contribution in [-0.4, -0.2) is 51.0 Å². The van der Waals surface area contributed by atoms with Crippen LogP contribution in [0.5, 0.6) is 0 Å². The van der Waals surface area contributed by atoms with E-state index in [4.69, 9.17) is 9.47 Å². The third-order valence-electron chi connectivity index (χ3n) is 2.02. The standard InChI is InChI=1S/C8H17NO2/c1-3-9-4-5-11-8(6-9)7-10-2/h8H,3-7H2,1-2H3/t8-/m1/s1. The Morgan fingerprint density at radius 2 is 2.45 bits per heavy atom. The molecule has 0 aromatic carbocycles. The van der Waals surface area contributed by atoms with E-state index in [9.17, 15) is 0 Å². The summed E-state index contributed by atoms with van der Waals surface area (Å²) in [6.07, 6.45) is 0.286. The summed E-state index contributed by atoms with van der Waals surface area (Å²) in [6, 6.07) is 0. The molecule has 1 rings (SSSR count). The Kier molecular flexibility index (Phi) is 3.83. The smallest absolute Gasteiger partial charge is 0.0935 e. The van der Waals surface area contributed by atoms with Crippen molar-refractivity contribution < 1.29 is 9.47 Å². The molecule has 0 unspecified atom stereocenters. The SMILES string of the molecule is CCN1CCO[C@@H](COC)C1. The molecule has 0 saturated carbocycles. The molecule has 1 aliphatic heterocycles. The molecule has 1 heterocycles. The topological polar surface area (TPSA) is 21.7 Å². The minimum atomic E-state index is 0.286. The predicted octanol–water partition coefficient (Wildman–Crippen LogP) is 0.353. The first-order chi connectivity index (χ1) is 5.36. The Morgan fingerprint density at radius 1 is 1.64 bits per heavy atom. The van der Waals surface area contributed by atoms with E-state index in [0.717, 1.165) is 32.8 Å². The highest BCUT2D eigenvalue weighted by atomic mass is 16.5. The van der Waals surface area contributed by atoms with Gasteiger partial charge in [0.05, 0.1) is 19.3 Å². The van der Waals surface area contributed by atoms with Gasteiger partial charge in [0.15, 0.2) is 0 Å². The minimum Gasteiger partial charge on any atom is -0.382 e. The summed E-state index contributed by atoms with van der Waals surface area (Å²) >= 11 is 0. The quantitative estimate of drug-likeness (QED) is 0.593. The van der Waals surface area contributed by atoms with Gasteiger partial charge in [0.2, 0.25) is 0 Å². The van der Waals surface area contributed by atoms with E-state index < -0.39 is 0 Å². The third kappa shape index (κ3) is 2.77. The van der Waals surface area contributed by atoms with Crippen molar-refractivity contribution in [1.82, 2.24) is 4.90 Å². The minimum absolute atomic E-state index is 0.286. The van der Waals surface area contributed by atoms with E-state index >= 15 is 0 Å². The maximum absolute atomic E-state index is 5.48. The average Bonchev–Trinajstić information content (AvgIpc) is 2.06. The first-order valence-electron chi connectivity index (χ1n) is 4.19. The van der Waals surface area contributed by atoms with Crippen LogP contribution in [0, 0.1) is 0 Å². The molecule has 0 aliphatic carbocycles. The molecule has 1 fully saturated rings. The number of rotatable bonds is 3. The van der Waals surface area contributed by atoms with Gasteiger partial charge in [-0.3, -0.25) is 4.90 Å². The molecular formula is C8H17NO2. The van der Waals surface area contributed by atoms with Crippen LogP contribution in [0.25, 0.3) is 0 Å². The van der Waals surface area contributed by atoms with Crippen molar-refractivity contribution in [3.05, 3.63) is 0 Å². The third-order valence-corrected chi connectivity index (χ3v) is 2.02. The fourth-order valence-electron chi connectivity index (χ4n) is 1.35. The highest BCUT2D eigenvalue weighted by Crippen LogP contribution is 2.04. The van der Waals surface area contributed by atoms with Gasteiger partial charge in [0.25, 0.3) is 0 Å². The van der Waals surface area contributed by atoms with E-state index in [-0.39, 0.29) is 6.10 Å². The van der Waals surface area contributed by atoms with E-state index in [0.29, 0.717) is 0 Å². The number of likely N-dealkylation sites (N-methyl/N-ethyl adjacent to an activating group) is 1. The first kappa shape index (κ1) is 8.97. The van der Waals surface area contributed by atoms with Crippen LogP contribution < -0.4 is 0 Å². The molecule has 3 nitrogen and oxygen atoms in total. The van der Waals surface area contributed by atoms with Crippen molar-refractivity contribution in [3.8, 4) is 0 Å². The fraction of sp³-hybridized carbons (Fsp3) is 1.00. The van der Waals surface area contributed by atoms with Gasteiger partial charge >= 0.3 is 0 Å². The number of hydrogen-bond donors (Lipinski definition) is 0.